The topological polar surface area (TPSA) is 79.7 Å². The summed E-state index contributed by atoms with van der Waals surface area (Å²) >= 11 is 0. The molecule has 0 saturated carbocycles. The Morgan fingerprint density at radius 1 is 1.28 bits per heavy atom. The number of benzene rings is 1. The predicted molar refractivity (Wildman–Crippen MR) is 105 cm³/mol. The van der Waals surface area contributed by atoms with E-state index < -0.39 is 23.5 Å². The molecule has 0 radical (unpaired) electrons. The Morgan fingerprint density at radius 2 is 2.03 bits per heavy atom. The van der Waals surface area contributed by atoms with Crippen molar-refractivity contribution in [1.82, 2.24) is 9.88 Å². The van der Waals surface area contributed by atoms with E-state index in [1.165, 1.54) is 23.1 Å². The molecule has 1 unspecified atom stereocenters. The number of pyridine rings is 1. The van der Waals surface area contributed by atoms with Gasteiger partial charge in [0.15, 0.2) is 0 Å². The van der Waals surface area contributed by atoms with Gasteiger partial charge in [-0.1, -0.05) is 6.07 Å². The van der Waals surface area contributed by atoms with E-state index >= 15 is 0 Å². The largest absolute Gasteiger partial charge is 0.507 e. The monoisotopic (exact) mass is 398 g/mol. The molecular formula is C22H23FN2O4. The molecule has 1 amide bonds. The minimum absolute atomic E-state index is 0.0256. The van der Waals surface area contributed by atoms with Crippen molar-refractivity contribution in [2.24, 2.45) is 0 Å². The third kappa shape index (κ3) is 4.19. The van der Waals surface area contributed by atoms with Crippen LogP contribution in [0.5, 0.6) is 0 Å². The number of ether oxygens (including phenoxy) is 1. The summed E-state index contributed by atoms with van der Waals surface area (Å²) in [5, 5.41) is 10.9. The molecule has 6 nitrogen and oxygen atoms in total. The number of halogens is 1. The van der Waals surface area contributed by atoms with E-state index in [0.717, 1.165) is 0 Å². The zero-order chi connectivity index (χ0) is 21.1. The quantitative estimate of drug-likeness (QED) is 0.458. The van der Waals surface area contributed by atoms with Crippen LogP contribution in [0.4, 0.5) is 4.39 Å². The first-order valence-electron chi connectivity index (χ1n) is 9.38. The van der Waals surface area contributed by atoms with Crippen molar-refractivity contribution in [1.29, 1.82) is 0 Å². The molecule has 2 aromatic rings. The molecular weight excluding hydrogens is 375 g/mol. The molecule has 1 aliphatic rings. The Hall–Kier alpha value is -3.06. The number of aliphatic hydroxyl groups is 1. The first-order valence-corrected chi connectivity index (χ1v) is 9.38. The van der Waals surface area contributed by atoms with Crippen molar-refractivity contribution in [2.45, 2.75) is 32.9 Å². The van der Waals surface area contributed by atoms with Crippen molar-refractivity contribution >= 4 is 17.4 Å². The van der Waals surface area contributed by atoms with E-state index in [-0.39, 0.29) is 36.2 Å². The van der Waals surface area contributed by atoms with Crippen LogP contribution in [0.1, 0.15) is 36.7 Å². The Labute approximate surface area is 168 Å². The molecule has 0 bridgehead atoms. The second kappa shape index (κ2) is 8.53. The smallest absolute Gasteiger partial charge is 0.295 e. The Bertz CT molecular complexity index is 957. The lowest BCUT2D eigenvalue weighted by Gasteiger charge is -2.24. The molecule has 2 heterocycles. The highest BCUT2D eigenvalue weighted by Crippen LogP contribution is 2.38. The fourth-order valence-corrected chi connectivity index (χ4v) is 3.29. The standard InChI is InChI=1S/C22H23FN2O4/c1-13(2)29-11-10-25-19(17-6-4-5-9-24-17)18(21(27)22(25)28)20(26)15-7-8-16(23)14(3)12-15/h4-9,12-13,19,26H,10-11H2,1-3H3/b20-18-. The maximum Gasteiger partial charge on any atom is 0.295 e. The average molecular weight is 398 g/mol. The Balaban J connectivity index is 2.09. The second-order valence-electron chi connectivity index (χ2n) is 7.13. The predicted octanol–water partition coefficient (Wildman–Crippen LogP) is 3.38. The highest BCUT2D eigenvalue weighted by atomic mass is 19.1. The van der Waals surface area contributed by atoms with Crippen LogP contribution in [-0.4, -0.2) is 45.9 Å². The van der Waals surface area contributed by atoms with Crippen LogP contribution in [0.3, 0.4) is 0 Å². The van der Waals surface area contributed by atoms with Crippen LogP contribution in [0.2, 0.25) is 0 Å². The number of likely N-dealkylation sites (tertiary alicyclic amines) is 1. The van der Waals surface area contributed by atoms with Crippen LogP contribution in [0.15, 0.2) is 48.2 Å². The number of carbonyl (C=O) groups excluding carboxylic acids is 2. The number of hydrogen-bond acceptors (Lipinski definition) is 5. The molecule has 1 aliphatic heterocycles. The molecule has 1 aromatic heterocycles. The van der Waals surface area contributed by atoms with Gasteiger partial charge in [-0.2, -0.15) is 0 Å². The number of aliphatic hydroxyl groups excluding tert-OH is 1. The van der Waals surface area contributed by atoms with E-state index in [9.17, 15) is 19.1 Å². The van der Waals surface area contributed by atoms with Gasteiger partial charge >= 0.3 is 0 Å². The van der Waals surface area contributed by atoms with E-state index in [4.69, 9.17) is 4.74 Å². The van der Waals surface area contributed by atoms with E-state index in [2.05, 4.69) is 4.98 Å². The number of carbonyl (C=O) groups is 2. The number of aromatic nitrogens is 1. The van der Waals surface area contributed by atoms with Gasteiger partial charge in [0.05, 0.1) is 24.0 Å². The lowest BCUT2D eigenvalue weighted by molar-refractivity contribution is -0.140. The molecule has 3 rings (SSSR count). The fourth-order valence-electron chi connectivity index (χ4n) is 3.29. The number of ketones is 1. The Morgan fingerprint density at radius 3 is 2.66 bits per heavy atom. The van der Waals surface area contributed by atoms with Gasteiger partial charge in [0.2, 0.25) is 0 Å². The van der Waals surface area contributed by atoms with Gasteiger partial charge in [-0.15, -0.1) is 0 Å². The fraction of sp³-hybridized carbons (Fsp3) is 0.318. The van der Waals surface area contributed by atoms with Gasteiger partial charge in [-0.3, -0.25) is 14.6 Å². The maximum atomic E-state index is 13.6. The van der Waals surface area contributed by atoms with Gasteiger partial charge < -0.3 is 14.7 Å². The van der Waals surface area contributed by atoms with Crippen LogP contribution >= 0.6 is 0 Å². The lowest BCUT2D eigenvalue weighted by Crippen LogP contribution is -2.33. The summed E-state index contributed by atoms with van der Waals surface area (Å²) in [5.41, 5.74) is 0.977. The second-order valence-corrected chi connectivity index (χ2v) is 7.13. The van der Waals surface area contributed by atoms with Gasteiger partial charge in [0.25, 0.3) is 11.7 Å². The zero-order valence-electron chi connectivity index (χ0n) is 16.6. The number of aryl methyl sites for hydroxylation is 1. The van der Waals surface area contributed by atoms with Crippen LogP contribution in [0.25, 0.3) is 5.76 Å². The minimum atomic E-state index is -0.850. The third-order valence-electron chi connectivity index (χ3n) is 4.72. The van der Waals surface area contributed by atoms with Gasteiger partial charge in [-0.25, -0.2) is 4.39 Å². The van der Waals surface area contributed by atoms with Crippen molar-refractivity contribution in [2.75, 3.05) is 13.2 Å². The molecule has 1 saturated heterocycles. The highest BCUT2D eigenvalue weighted by molar-refractivity contribution is 6.46. The number of nitrogens with zero attached hydrogens (tertiary/aromatic N) is 2. The Kier molecular flexibility index (Phi) is 6.08. The molecule has 0 spiro atoms. The summed E-state index contributed by atoms with van der Waals surface area (Å²) in [6, 6.07) is 8.34. The van der Waals surface area contributed by atoms with Crippen molar-refractivity contribution in [3.8, 4) is 0 Å². The molecule has 1 fully saturated rings. The highest BCUT2D eigenvalue weighted by Gasteiger charge is 2.46. The summed E-state index contributed by atoms with van der Waals surface area (Å²) in [4.78, 5) is 31.2. The van der Waals surface area contributed by atoms with Crippen LogP contribution in [-0.2, 0) is 14.3 Å². The van der Waals surface area contributed by atoms with Gasteiger partial charge in [0, 0.05) is 18.3 Å². The van der Waals surface area contributed by atoms with E-state index in [1.54, 1.807) is 31.3 Å². The van der Waals surface area contributed by atoms with Crippen LogP contribution in [0, 0.1) is 12.7 Å². The van der Waals surface area contributed by atoms with Crippen molar-refractivity contribution in [3.63, 3.8) is 0 Å². The van der Waals surface area contributed by atoms with Gasteiger partial charge in [0.1, 0.15) is 17.6 Å². The maximum absolute atomic E-state index is 13.6. The molecule has 7 heteroatoms. The molecule has 1 aromatic carbocycles. The third-order valence-corrected chi connectivity index (χ3v) is 4.72. The number of Topliss-reactive ketones (excluding diaryl/α,β-unsaturated/α-hetero) is 1. The summed E-state index contributed by atoms with van der Waals surface area (Å²) in [6.45, 7) is 5.72. The number of amides is 1. The zero-order valence-corrected chi connectivity index (χ0v) is 16.6. The van der Waals surface area contributed by atoms with Gasteiger partial charge in [-0.05, 0) is 56.7 Å². The number of hydrogen-bond donors (Lipinski definition) is 1. The van der Waals surface area contributed by atoms with E-state index in [0.29, 0.717) is 11.3 Å². The molecule has 29 heavy (non-hydrogen) atoms. The first kappa shape index (κ1) is 20.7. The summed E-state index contributed by atoms with van der Waals surface area (Å²) in [5.74, 6) is -2.30. The molecule has 0 aliphatic carbocycles. The normalized spacial score (nSPS) is 18.7. The first-order chi connectivity index (χ1) is 13.8. The van der Waals surface area contributed by atoms with Crippen molar-refractivity contribution < 1.29 is 23.8 Å². The summed E-state index contributed by atoms with van der Waals surface area (Å²) in [7, 11) is 0. The van der Waals surface area contributed by atoms with E-state index in [1.807, 2.05) is 13.8 Å². The molecule has 152 valence electrons. The minimum Gasteiger partial charge on any atom is -0.507 e. The number of rotatable bonds is 6. The SMILES string of the molecule is Cc1cc(/C(O)=C2/C(=O)C(=O)N(CCOC(C)C)C2c2ccccn2)ccc1F. The summed E-state index contributed by atoms with van der Waals surface area (Å²) < 4.78 is 19.2. The molecule has 1 N–H and O–H groups in total. The average Bonchev–Trinajstić information content (AvgIpc) is 2.95. The summed E-state index contributed by atoms with van der Waals surface area (Å²) in [6.07, 6.45) is 1.53. The lowest BCUT2D eigenvalue weighted by atomic mass is 9.97. The van der Waals surface area contributed by atoms with Crippen molar-refractivity contribution in [3.05, 3.63) is 70.8 Å². The van der Waals surface area contributed by atoms with Crippen LogP contribution < -0.4 is 0 Å². The molecule has 1 atom stereocenters.